The Balaban J connectivity index is 2.50. The minimum absolute atomic E-state index is 0.0982. The number of carboxylic acids is 1. The van der Waals surface area contributed by atoms with Gasteiger partial charge in [0, 0.05) is 5.69 Å². The van der Waals surface area contributed by atoms with Gasteiger partial charge in [-0.3, -0.25) is 4.79 Å². The third kappa shape index (κ3) is 3.39. The number of para-hydroxylation sites is 1. The van der Waals surface area contributed by atoms with Crippen molar-refractivity contribution in [2.24, 2.45) is 0 Å². The standard InChI is InChI=1S/C16H16N2O3/c1-10-6-11(2)8-12(7-10)18-15-13(16(20)21)4-3-5-14(15)17-9-19/h3-9,18H,1-2H3,(H,17,19)(H,20,21). The number of hydrogen-bond donors (Lipinski definition) is 3. The molecule has 21 heavy (non-hydrogen) atoms. The molecule has 0 aromatic heterocycles. The second kappa shape index (κ2) is 6.09. The Morgan fingerprint density at radius 3 is 2.38 bits per heavy atom. The van der Waals surface area contributed by atoms with Gasteiger partial charge in [-0.25, -0.2) is 4.79 Å². The number of rotatable bonds is 5. The Morgan fingerprint density at radius 1 is 1.14 bits per heavy atom. The first-order chi connectivity index (χ1) is 10.0. The Labute approximate surface area is 122 Å². The van der Waals surface area contributed by atoms with Crippen LogP contribution >= 0.6 is 0 Å². The van der Waals surface area contributed by atoms with E-state index in [1.54, 1.807) is 12.1 Å². The van der Waals surface area contributed by atoms with E-state index < -0.39 is 5.97 Å². The monoisotopic (exact) mass is 284 g/mol. The van der Waals surface area contributed by atoms with Crippen LogP contribution in [0.3, 0.4) is 0 Å². The van der Waals surface area contributed by atoms with Gasteiger partial charge in [-0.2, -0.15) is 0 Å². The molecule has 0 aliphatic carbocycles. The van der Waals surface area contributed by atoms with Gasteiger partial charge in [-0.1, -0.05) is 12.1 Å². The highest BCUT2D eigenvalue weighted by Crippen LogP contribution is 2.30. The number of amides is 1. The van der Waals surface area contributed by atoms with E-state index in [4.69, 9.17) is 0 Å². The largest absolute Gasteiger partial charge is 0.478 e. The molecule has 3 N–H and O–H groups in total. The van der Waals surface area contributed by atoms with Crippen LogP contribution in [0, 0.1) is 13.8 Å². The Kier molecular flexibility index (Phi) is 4.23. The topological polar surface area (TPSA) is 78.4 Å². The molecule has 0 spiro atoms. The first-order valence-electron chi connectivity index (χ1n) is 6.43. The van der Waals surface area contributed by atoms with Gasteiger partial charge in [0.25, 0.3) is 0 Å². The van der Waals surface area contributed by atoms with E-state index in [1.165, 1.54) is 6.07 Å². The van der Waals surface area contributed by atoms with Gasteiger partial charge in [0.15, 0.2) is 0 Å². The molecular weight excluding hydrogens is 268 g/mol. The van der Waals surface area contributed by atoms with Crippen molar-refractivity contribution in [2.75, 3.05) is 10.6 Å². The van der Waals surface area contributed by atoms with Gasteiger partial charge in [0.1, 0.15) is 0 Å². The van der Waals surface area contributed by atoms with Crippen LogP contribution in [0.5, 0.6) is 0 Å². The Hall–Kier alpha value is -2.82. The molecule has 2 aromatic rings. The summed E-state index contributed by atoms with van der Waals surface area (Å²) in [7, 11) is 0. The highest BCUT2D eigenvalue weighted by Gasteiger charge is 2.14. The smallest absolute Gasteiger partial charge is 0.337 e. The molecule has 0 bridgehead atoms. The fraction of sp³-hybridized carbons (Fsp3) is 0.125. The van der Waals surface area contributed by atoms with Crippen molar-refractivity contribution < 1.29 is 14.7 Å². The number of aromatic carboxylic acids is 1. The van der Waals surface area contributed by atoms with Crippen LogP contribution in [0.4, 0.5) is 17.1 Å². The summed E-state index contributed by atoms with van der Waals surface area (Å²) in [4.78, 5) is 22.0. The van der Waals surface area contributed by atoms with E-state index >= 15 is 0 Å². The van der Waals surface area contributed by atoms with Crippen molar-refractivity contribution in [3.63, 3.8) is 0 Å². The number of nitrogens with one attached hydrogen (secondary N) is 2. The third-order valence-corrected chi connectivity index (χ3v) is 3.00. The fourth-order valence-electron chi connectivity index (χ4n) is 2.24. The van der Waals surface area contributed by atoms with Crippen molar-refractivity contribution in [1.82, 2.24) is 0 Å². The van der Waals surface area contributed by atoms with Crippen LogP contribution in [-0.2, 0) is 4.79 Å². The van der Waals surface area contributed by atoms with Crippen LogP contribution in [0.2, 0.25) is 0 Å². The molecule has 0 saturated carbocycles. The van der Waals surface area contributed by atoms with Crippen molar-refractivity contribution in [1.29, 1.82) is 0 Å². The van der Waals surface area contributed by atoms with Gasteiger partial charge in [0.2, 0.25) is 6.41 Å². The van der Waals surface area contributed by atoms with Crippen LogP contribution < -0.4 is 10.6 Å². The predicted octanol–water partition coefficient (Wildman–Crippen LogP) is 3.31. The zero-order chi connectivity index (χ0) is 15.4. The average molecular weight is 284 g/mol. The first-order valence-corrected chi connectivity index (χ1v) is 6.43. The van der Waals surface area contributed by atoms with Gasteiger partial charge >= 0.3 is 5.97 Å². The molecular formula is C16H16N2O3. The molecule has 0 fully saturated rings. The van der Waals surface area contributed by atoms with Gasteiger partial charge in [-0.05, 0) is 49.2 Å². The zero-order valence-corrected chi connectivity index (χ0v) is 11.8. The number of benzene rings is 2. The molecule has 0 atom stereocenters. The molecule has 5 heteroatoms. The normalized spacial score (nSPS) is 10.0. The van der Waals surface area contributed by atoms with Crippen LogP contribution in [0.15, 0.2) is 36.4 Å². The third-order valence-electron chi connectivity index (χ3n) is 3.00. The minimum Gasteiger partial charge on any atom is -0.478 e. The summed E-state index contributed by atoms with van der Waals surface area (Å²) >= 11 is 0. The minimum atomic E-state index is -1.06. The lowest BCUT2D eigenvalue weighted by molar-refractivity contribution is -0.105. The SMILES string of the molecule is Cc1cc(C)cc(Nc2c(NC=O)cccc2C(=O)O)c1. The highest BCUT2D eigenvalue weighted by atomic mass is 16.4. The Morgan fingerprint density at radius 2 is 1.81 bits per heavy atom. The molecule has 108 valence electrons. The van der Waals surface area contributed by atoms with Gasteiger partial charge in [0.05, 0.1) is 16.9 Å². The molecule has 0 aliphatic heterocycles. The summed E-state index contributed by atoms with van der Waals surface area (Å²) in [6.45, 7) is 3.93. The molecule has 2 aromatic carbocycles. The first kappa shape index (κ1) is 14.6. The summed E-state index contributed by atoms with van der Waals surface area (Å²) in [6, 6.07) is 10.6. The lowest BCUT2D eigenvalue weighted by Gasteiger charge is -2.15. The lowest BCUT2D eigenvalue weighted by atomic mass is 10.1. The number of aryl methyl sites for hydroxylation is 2. The number of carboxylic acid groups (broad SMARTS) is 1. The van der Waals surface area contributed by atoms with E-state index in [1.807, 2.05) is 32.0 Å². The van der Waals surface area contributed by atoms with Crippen LogP contribution in [-0.4, -0.2) is 17.5 Å². The van der Waals surface area contributed by atoms with E-state index in [-0.39, 0.29) is 5.56 Å². The number of carbonyl (C=O) groups is 2. The second-order valence-corrected chi connectivity index (χ2v) is 4.80. The maximum Gasteiger partial charge on any atom is 0.337 e. The molecule has 0 aliphatic rings. The van der Waals surface area contributed by atoms with Crippen molar-refractivity contribution >= 4 is 29.4 Å². The summed E-state index contributed by atoms with van der Waals surface area (Å²) < 4.78 is 0. The maximum absolute atomic E-state index is 11.3. The molecule has 0 heterocycles. The van der Waals surface area contributed by atoms with Crippen LogP contribution in [0.1, 0.15) is 21.5 Å². The van der Waals surface area contributed by atoms with E-state index in [0.29, 0.717) is 17.8 Å². The summed E-state index contributed by atoms with van der Waals surface area (Å²) in [5.74, 6) is -1.06. The highest BCUT2D eigenvalue weighted by molar-refractivity contribution is 6.00. The molecule has 0 unspecified atom stereocenters. The van der Waals surface area contributed by atoms with Crippen molar-refractivity contribution in [3.05, 3.63) is 53.1 Å². The predicted molar refractivity (Wildman–Crippen MR) is 82.3 cm³/mol. The molecule has 0 saturated heterocycles. The number of hydrogen-bond acceptors (Lipinski definition) is 3. The summed E-state index contributed by atoms with van der Waals surface area (Å²) in [5.41, 5.74) is 3.78. The summed E-state index contributed by atoms with van der Waals surface area (Å²) in [5, 5.41) is 14.9. The Bertz CT molecular complexity index is 676. The molecule has 0 radical (unpaired) electrons. The summed E-state index contributed by atoms with van der Waals surface area (Å²) in [6.07, 6.45) is 0.521. The van der Waals surface area contributed by atoms with E-state index in [2.05, 4.69) is 10.6 Å². The zero-order valence-electron chi connectivity index (χ0n) is 11.8. The van der Waals surface area contributed by atoms with Gasteiger partial charge in [-0.15, -0.1) is 0 Å². The quantitative estimate of drug-likeness (QED) is 0.736. The fourth-order valence-corrected chi connectivity index (χ4v) is 2.24. The van der Waals surface area contributed by atoms with E-state index in [9.17, 15) is 14.7 Å². The van der Waals surface area contributed by atoms with Crippen molar-refractivity contribution in [2.45, 2.75) is 13.8 Å². The lowest BCUT2D eigenvalue weighted by Crippen LogP contribution is -2.07. The maximum atomic E-state index is 11.3. The van der Waals surface area contributed by atoms with Crippen molar-refractivity contribution in [3.8, 4) is 0 Å². The second-order valence-electron chi connectivity index (χ2n) is 4.80. The molecule has 5 nitrogen and oxygen atoms in total. The van der Waals surface area contributed by atoms with E-state index in [0.717, 1.165) is 16.8 Å². The average Bonchev–Trinajstić information content (AvgIpc) is 2.39. The number of carbonyl (C=O) groups excluding carboxylic acids is 1. The van der Waals surface area contributed by atoms with Gasteiger partial charge < -0.3 is 15.7 Å². The molecule has 1 amide bonds. The number of anilines is 3. The van der Waals surface area contributed by atoms with Crippen LogP contribution in [0.25, 0.3) is 0 Å². The molecule has 2 rings (SSSR count).